The summed E-state index contributed by atoms with van der Waals surface area (Å²) < 4.78 is 1.66. The molecule has 0 unspecified atom stereocenters. The molecule has 0 aliphatic rings. The Labute approximate surface area is 108 Å². The number of aryl methyl sites for hydroxylation is 1. The van der Waals surface area contributed by atoms with Crippen LogP contribution < -0.4 is 5.32 Å². The Balaban J connectivity index is 1.63. The van der Waals surface area contributed by atoms with Crippen LogP contribution >= 0.6 is 11.8 Å². The molecular weight excluding hydrogens is 254 g/mol. The second-order valence-corrected chi connectivity index (χ2v) is 4.45. The maximum atomic E-state index is 11.5. The van der Waals surface area contributed by atoms with E-state index in [1.165, 1.54) is 11.8 Å². The van der Waals surface area contributed by atoms with Gasteiger partial charge in [0.1, 0.15) is 5.82 Å². The number of rotatable bonds is 6. The number of nitrogens with zero attached hydrogens (tertiary/aromatic N) is 5. The number of aromatic nitrogens is 6. The monoisotopic (exact) mass is 267 g/mol. The lowest BCUT2D eigenvalue weighted by Crippen LogP contribution is -2.28. The maximum absolute atomic E-state index is 11.5. The molecule has 0 saturated heterocycles. The van der Waals surface area contributed by atoms with Crippen molar-refractivity contribution in [1.29, 1.82) is 0 Å². The van der Waals surface area contributed by atoms with Crippen LogP contribution in [0.1, 0.15) is 5.82 Å². The highest BCUT2D eigenvalue weighted by Gasteiger charge is 2.05. The van der Waals surface area contributed by atoms with E-state index in [1.54, 1.807) is 17.1 Å². The first-order chi connectivity index (χ1) is 8.74. The zero-order chi connectivity index (χ0) is 12.8. The third-order valence-electron chi connectivity index (χ3n) is 2.04. The van der Waals surface area contributed by atoms with Crippen LogP contribution in [0.15, 0.2) is 17.6 Å². The zero-order valence-electron chi connectivity index (χ0n) is 9.83. The lowest BCUT2D eigenvalue weighted by molar-refractivity contribution is -0.118. The Kier molecular flexibility index (Phi) is 4.29. The van der Waals surface area contributed by atoms with E-state index >= 15 is 0 Å². The van der Waals surface area contributed by atoms with Gasteiger partial charge in [-0.25, -0.2) is 4.98 Å². The van der Waals surface area contributed by atoms with Crippen LogP contribution in [0.3, 0.4) is 0 Å². The van der Waals surface area contributed by atoms with E-state index in [9.17, 15) is 4.79 Å². The van der Waals surface area contributed by atoms with Gasteiger partial charge in [-0.05, 0) is 6.92 Å². The van der Waals surface area contributed by atoms with Crippen molar-refractivity contribution in [3.05, 3.63) is 18.2 Å². The average Bonchev–Trinajstić information content (AvgIpc) is 2.98. The maximum Gasteiger partial charge on any atom is 0.230 e. The molecule has 0 bridgehead atoms. The SMILES string of the molecule is Cc1nc(SCC(=O)NCCn2ccnn2)n[nH]1. The van der Waals surface area contributed by atoms with Crippen LogP contribution in [0.5, 0.6) is 0 Å². The second kappa shape index (κ2) is 6.15. The second-order valence-electron chi connectivity index (χ2n) is 3.51. The van der Waals surface area contributed by atoms with Crippen LogP contribution in [0.25, 0.3) is 0 Å². The highest BCUT2D eigenvalue weighted by atomic mass is 32.2. The molecule has 2 heterocycles. The third-order valence-corrected chi connectivity index (χ3v) is 2.89. The standard InChI is InChI=1S/C9H13N7OS/c1-7-12-9(14-13-7)18-6-8(17)10-2-4-16-5-3-11-15-16/h3,5H,2,4,6H2,1H3,(H,10,17)(H,12,13,14). The third kappa shape index (κ3) is 3.84. The molecular formula is C9H13N7OS. The zero-order valence-corrected chi connectivity index (χ0v) is 10.6. The highest BCUT2D eigenvalue weighted by molar-refractivity contribution is 7.99. The molecule has 2 N–H and O–H groups in total. The van der Waals surface area contributed by atoms with Gasteiger partial charge in [-0.3, -0.25) is 14.6 Å². The van der Waals surface area contributed by atoms with Gasteiger partial charge < -0.3 is 5.32 Å². The number of thioether (sulfide) groups is 1. The topological polar surface area (TPSA) is 101 Å². The smallest absolute Gasteiger partial charge is 0.230 e. The van der Waals surface area contributed by atoms with Crippen molar-refractivity contribution in [3.8, 4) is 0 Å². The molecule has 0 spiro atoms. The lowest BCUT2D eigenvalue weighted by atomic mass is 10.6. The first-order valence-corrected chi connectivity index (χ1v) is 6.35. The fourth-order valence-corrected chi connectivity index (χ4v) is 1.90. The first-order valence-electron chi connectivity index (χ1n) is 5.36. The van der Waals surface area contributed by atoms with Crippen molar-refractivity contribution < 1.29 is 4.79 Å². The Hall–Kier alpha value is -1.90. The minimum Gasteiger partial charge on any atom is -0.354 e. The molecule has 8 nitrogen and oxygen atoms in total. The molecule has 0 radical (unpaired) electrons. The van der Waals surface area contributed by atoms with Crippen LogP contribution in [-0.4, -0.2) is 48.4 Å². The number of hydrogen-bond acceptors (Lipinski definition) is 6. The minimum absolute atomic E-state index is 0.0532. The molecule has 1 amide bonds. The number of carbonyl (C=O) groups is 1. The van der Waals surface area contributed by atoms with E-state index in [-0.39, 0.29) is 5.91 Å². The molecule has 0 saturated carbocycles. The molecule has 2 aromatic heterocycles. The molecule has 0 aliphatic heterocycles. The number of nitrogens with one attached hydrogen (secondary N) is 2. The van der Waals surface area contributed by atoms with E-state index in [2.05, 4.69) is 30.8 Å². The quantitative estimate of drug-likeness (QED) is 0.691. The molecule has 0 atom stereocenters. The molecule has 2 rings (SSSR count). The number of amides is 1. The van der Waals surface area contributed by atoms with Crippen molar-refractivity contribution in [2.45, 2.75) is 18.6 Å². The number of aromatic amines is 1. The van der Waals surface area contributed by atoms with E-state index in [0.717, 1.165) is 5.82 Å². The van der Waals surface area contributed by atoms with E-state index in [0.29, 0.717) is 24.0 Å². The van der Waals surface area contributed by atoms with Gasteiger partial charge in [0.2, 0.25) is 11.1 Å². The molecule has 9 heteroatoms. The summed E-state index contributed by atoms with van der Waals surface area (Å²) in [7, 11) is 0. The van der Waals surface area contributed by atoms with Gasteiger partial charge in [0, 0.05) is 12.7 Å². The predicted molar refractivity (Wildman–Crippen MR) is 64.9 cm³/mol. The summed E-state index contributed by atoms with van der Waals surface area (Å²) in [5.74, 6) is 0.987. The van der Waals surface area contributed by atoms with Crippen LogP contribution in [-0.2, 0) is 11.3 Å². The van der Waals surface area contributed by atoms with Crippen molar-refractivity contribution in [2.75, 3.05) is 12.3 Å². The Morgan fingerprint density at radius 3 is 3.17 bits per heavy atom. The van der Waals surface area contributed by atoms with Crippen molar-refractivity contribution in [1.82, 2.24) is 35.5 Å². The highest BCUT2D eigenvalue weighted by Crippen LogP contribution is 2.10. The van der Waals surface area contributed by atoms with Gasteiger partial charge in [0.15, 0.2) is 0 Å². The van der Waals surface area contributed by atoms with E-state index < -0.39 is 0 Å². The van der Waals surface area contributed by atoms with Crippen molar-refractivity contribution in [2.24, 2.45) is 0 Å². The molecule has 0 aliphatic carbocycles. The van der Waals surface area contributed by atoms with Crippen LogP contribution in [0.2, 0.25) is 0 Å². The Morgan fingerprint density at radius 1 is 1.61 bits per heavy atom. The summed E-state index contributed by atoms with van der Waals surface area (Å²) in [5.41, 5.74) is 0. The largest absolute Gasteiger partial charge is 0.354 e. The predicted octanol–water partition coefficient (Wildman–Crippen LogP) is -0.387. The van der Waals surface area contributed by atoms with Crippen molar-refractivity contribution in [3.63, 3.8) is 0 Å². The Morgan fingerprint density at radius 2 is 2.50 bits per heavy atom. The number of H-pyrrole nitrogens is 1. The van der Waals surface area contributed by atoms with Gasteiger partial charge in [-0.1, -0.05) is 17.0 Å². The lowest BCUT2D eigenvalue weighted by Gasteiger charge is -2.03. The summed E-state index contributed by atoms with van der Waals surface area (Å²) in [5, 5.41) is 17.5. The van der Waals surface area contributed by atoms with E-state index in [1.807, 2.05) is 6.92 Å². The molecule has 0 fully saturated rings. The van der Waals surface area contributed by atoms with E-state index in [4.69, 9.17) is 0 Å². The summed E-state index contributed by atoms with van der Waals surface area (Å²) in [4.78, 5) is 15.6. The summed E-state index contributed by atoms with van der Waals surface area (Å²) in [6.07, 6.45) is 3.35. The molecule has 18 heavy (non-hydrogen) atoms. The molecule has 96 valence electrons. The van der Waals surface area contributed by atoms with Gasteiger partial charge in [0.05, 0.1) is 18.5 Å². The minimum atomic E-state index is -0.0532. The van der Waals surface area contributed by atoms with Gasteiger partial charge in [-0.2, -0.15) is 0 Å². The number of carbonyl (C=O) groups excluding carboxylic acids is 1. The summed E-state index contributed by atoms with van der Waals surface area (Å²) in [6.45, 7) is 2.95. The van der Waals surface area contributed by atoms with Gasteiger partial charge >= 0.3 is 0 Å². The summed E-state index contributed by atoms with van der Waals surface area (Å²) >= 11 is 1.30. The fraction of sp³-hybridized carbons (Fsp3) is 0.444. The van der Waals surface area contributed by atoms with Crippen LogP contribution in [0, 0.1) is 6.92 Å². The normalized spacial score (nSPS) is 10.5. The average molecular weight is 267 g/mol. The van der Waals surface area contributed by atoms with Crippen molar-refractivity contribution >= 4 is 17.7 Å². The fourth-order valence-electron chi connectivity index (χ4n) is 1.23. The summed E-state index contributed by atoms with van der Waals surface area (Å²) in [6, 6.07) is 0. The molecule has 0 aromatic carbocycles. The Bertz CT molecular complexity index is 495. The van der Waals surface area contributed by atoms with Gasteiger partial charge in [0.25, 0.3) is 0 Å². The van der Waals surface area contributed by atoms with Crippen LogP contribution in [0.4, 0.5) is 0 Å². The molecule has 2 aromatic rings. The van der Waals surface area contributed by atoms with Gasteiger partial charge in [-0.15, -0.1) is 10.2 Å². The first kappa shape index (κ1) is 12.6. The number of hydrogen-bond donors (Lipinski definition) is 2.